The molecule has 0 aromatic rings. The molecule has 1 aliphatic rings. The Hall–Kier alpha value is -0.670. The van der Waals surface area contributed by atoms with Gasteiger partial charge >= 0.3 is 0 Å². The van der Waals surface area contributed by atoms with Crippen LogP contribution in [-0.4, -0.2) is 61.5 Å². The highest BCUT2D eigenvalue weighted by molar-refractivity contribution is 4.96. The number of aliphatic hydroxyl groups excluding tert-OH is 1. The number of hydrogen-bond acceptors (Lipinski definition) is 5. The molecular formula is C10H19N3O2. The summed E-state index contributed by atoms with van der Waals surface area (Å²) in [5.74, 6) is 0. The first-order valence-electron chi connectivity index (χ1n) is 5.38. The van der Waals surface area contributed by atoms with Crippen molar-refractivity contribution in [2.45, 2.75) is 19.1 Å². The summed E-state index contributed by atoms with van der Waals surface area (Å²) in [6.07, 6.45) is -0.501. The molecule has 0 aliphatic carbocycles. The summed E-state index contributed by atoms with van der Waals surface area (Å²) in [6, 6.07) is 2.10. The summed E-state index contributed by atoms with van der Waals surface area (Å²) in [5, 5.41) is 21.7. The van der Waals surface area contributed by atoms with Gasteiger partial charge in [0.05, 0.1) is 18.8 Å². The molecule has 86 valence electrons. The largest absolute Gasteiger partial charge is 0.389 e. The molecule has 1 saturated heterocycles. The van der Waals surface area contributed by atoms with Gasteiger partial charge in [-0.25, -0.2) is 0 Å². The predicted octanol–water partition coefficient (Wildman–Crippen LogP) is -0.819. The van der Waals surface area contributed by atoms with Crippen molar-refractivity contribution in [2.24, 2.45) is 0 Å². The lowest BCUT2D eigenvalue weighted by Crippen LogP contribution is -2.53. The van der Waals surface area contributed by atoms with Gasteiger partial charge in [-0.1, -0.05) is 0 Å². The Morgan fingerprint density at radius 3 is 3.20 bits per heavy atom. The van der Waals surface area contributed by atoms with E-state index in [1.165, 1.54) is 0 Å². The van der Waals surface area contributed by atoms with E-state index >= 15 is 0 Å². The fourth-order valence-electron chi connectivity index (χ4n) is 1.67. The predicted molar refractivity (Wildman–Crippen MR) is 56.3 cm³/mol. The summed E-state index contributed by atoms with van der Waals surface area (Å²) in [5.41, 5.74) is 0. The van der Waals surface area contributed by atoms with E-state index in [1.807, 2.05) is 11.8 Å². The lowest BCUT2D eigenvalue weighted by Gasteiger charge is -2.33. The average molecular weight is 213 g/mol. The maximum atomic E-state index is 9.65. The first-order valence-corrected chi connectivity index (χ1v) is 5.38. The van der Waals surface area contributed by atoms with E-state index in [0.717, 1.165) is 13.1 Å². The van der Waals surface area contributed by atoms with Crippen LogP contribution >= 0.6 is 0 Å². The molecule has 0 amide bonds. The number of nitrogens with zero attached hydrogens (tertiary/aromatic N) is 2. The van der Waals surface area contributed by atoms with E-state index in [0.29, 0.717) is 26.3 Å². The van der Waals surface area contributed by atoms with Crippen LogP contribution in [0.5, 0.6) is 0 Å². The van der Waals surface area contributed by atoms with Crippen LogP contribution < -0.4 is 5.32 Å². The Kier molecular flexibility index (Phi) is 5.58. The van der Waals surface area contributed by atoms with Crippen LogP contribution in [0.3, 0.4) is 0 Å². The molecule has 0 aromatic heterocycles. The number of β-amino-alcohol motifs (C(OH)–C–C–N with tert-alkyl or cyclic N) is 1. The van der Waals surface area contributed by atoms with Crippen molar-refractivity contribution in [2.75, 3.05) is 39.4 Å². The summed E-state index contributed by atoms with van der Waals surface area (Å²) in [6.45, 7) is 5.73. The van der Waals surface area contributed by atoms with Crippen molar-refractivity contribution in [1.82, 2.24) is 10.2 Å². The van der Waals surface area contributed by atoms with Crippen molar-refractivity contribution in [1.29, 1.82) is 5.26 Å². The molecule has 2 atom stereocenters. The van der Waals surface area contributed by atoms with Gasteiger partial charge in [0.15, 0.2) is 0 Å². The number of hydrogen-bond donors (Lipinski definition) is 2. The van der Waals surface area contributed by atoms with Crippen LogP contribution in [0.25, 0.3) is 0 Å². The van der Waals surface area contributed by atoms with Gasteiger partial charge < -0.3 is 15.2 Å². The van der Waals surface area contributed by atoms with Crippen molar-refractivity contribution >= 4 is 0 Å². The summed E-state index contributed by atoms with van der Waals surface area (Å²) < 4.78 is 5.13. The number of nitriles is 1. The molecule has 0 aromatic carbocycles. The van der Waals surface area contributed by atoms with E-state index in [9.17, 15) is 5.11 Å². The third kappa shape index (κ3) is 4.14. The fraction of sp³-hybridized carbons (Fsp3) is 0.900. The highest BCUT2D eigenvalue weighted by atomic mass is 16.5. The Morgan fingerprint density at radius 2 is 2.53 bits per heavy atom. The zero-order valence-corrected chi connectivity index (χ0v) is 9.15. The van der Waals surface area contributed by atoms with Crippen LogP contribution in [0, 0.1) is 11.3 Å². The Morgan fingerprint density at radius 1 is 1.73 bits per heavy atom. The molecule has 0 saturated carbocycles. The molecule has 0 bridgehead atoms. The number of aliphatic hydroxyl groups is 1. The van der Waals surface area contributed by atoms with Gasteiger partial charge in [0.1, 0.15) is 6.04 Å². The molecule has 0 radical (unpaired) electrons. The zero-order chi connectivity index (χ0) is 11.1. The van der Waals surface area contributed by atoms with E-state index < -0.39 is 6.10 Å². The highest BCUT2D eigenvalue weighted by Crippen LogP contribution is 2.03. The molecule has 1 fully saturated rings. The summed E-state index contributed by atoms with van der Waals surface area (Å²) in [7, 11) is 0. The maximum absolute atomic E-state index is 9.65. The molecule has 2 unspecified atom stereocenters. The van der Waals surface area contributed by atoms with Gasteiger partial charge in [0.2, 0.25) is 0 Å². The minimum atomic E-state index is -0.501. The van der Waals surface area contributed by atoms with Crippen LogP contribution in [0.1, 0.15) is 6.92 Å². The van der Waals surface area contributed by atoms with Gasteiger partial charge in [-0.2, -0.15) is 5.26 Å². The van der Waals surface area contributed by atoms with E-state index in [-0.39, 0.29) is 6.04 Å². The SMILES string of the molecule is CCOCC(O)CN1CCNCC1C#N. The molecule has 0 spiro atoms. The van der Waals surface area contributed by atoms with Gasteiger partial charge in [0, 0.05) is 32.8 Å². The molecule has 1 heterocycles. The second-order valence-electron chi connectivity index (χ2n) is 3.66. The topological polar surface area (TPSA) is 68.5 Å². The normalized spacial score (nSPS) is 24.7. The molecular weight excluding hydrogens is 194 g/mol. The first-order chi connectivity index (χ1) is 7.27. The molecule has 1 aliphatic heterocycles. The molecule has 5 nitrogen and oxygen atoms in total. The maximum Gasteiger partial charge on any atom is 0.110 e. The number of rotatable bonds is 5. The lowest BCUT2D eigenvalue weighted by atomic mass is 10.2. The van der Waals surface area contributed by atoms with Crippen LogP contribution in [0.2, 0.25) is 0 Å². The third-order valence-electron chi connectivity index (χ3n) is 2.46. The average Bonchev–Trinajstić information content (AvgIpc) is 2.27. The summed E-state index contributed by atoms with van der Waals surface area (Å²) >= 11 is 0. The van der Waals surface area contributed by atoms with Crippen LogP contribution in [-0.2, 0) is 4.74 Å². The number of piperazine rings is 1. The van der Waals surface area contributed by atoms with E-state index in [1.54, 1.807) is 0 Å². The quantitative estimate of drug-likeness (QED) is 0.624. The minimum Gasteiger partial charge on any atom is -0.389 e. The van der Waals surface area contributed by atoms with E-state index in [4.69, 9.17) is 10.00 Å². The Balaban J connectivity index is 2.31. The van der Waals surface area contributed by atoms with Crippen molar-refractivity contribution in [3.05, 3.63) is 0 Å². The lowest BCUT2D eigenvalue weighted by molar-refractivity contribution is 0.0136. The second kappa shape index (κ2) is 6.75. The minimum absolute atomic E-state index is 0.130. The third-order valence-corrected chi connectivity index (χ3v) is 2.46. The standard InChI is InChI=1S/C10H19N3O2/c1-2-15-8-10(14)7-13-4-3-12-6-9(13)5-11/h9-10,12,14H,2-4,6-8H2,1H3. The van der Waals surface area contributed by atoms with Crippen molar-refractivity contribution in [3.63, 3.8) is 0 Å². The summed E-state index contributed by atoms with van der Waals surface area (Å²) in [4.78, 5) is 2.00. The fourth-order valence-corrected chi connectivity index (χ4v) is 1.67. The second-order valence-corrected chi connectivity index (χ2v) is 3.66. The zero-order valence-electron chi connectivity index (χ0n) is 9.15. The van der Waals surface area contributed by atoms with Gasteiger partial charge in [0.25, 0.3) is 0 Å². The molecule has 5 heteroatoms. The van der Waals surface area contributed by atoms with Crippen LogP contribution in [0.15, 0.2) is 0 Å². The monoisotopic (exact) mass is 213 g/mol. The smallest absolute Gasteiger partial charge is 0.110 e. The van der Waals surface area contributed by atoms with Gasteiger partial charge in [-0.3, -0.25) is 4.90 Å². The molecule has 2 N–H and O–H groups in total. The van der Waals surface area contributed by atoms with Crippen LogP contribution in [0.4, 0.5) is 0 Å². The molecule has 1 rings (SSSR count). The number of nitrogens with one attached hydrogen (secondary N) is 1. The van der Waals surface area contributed by atoms with Crippen molar-refractivity contribution < 1.29 is 9.84 Å². The Labute approximate surface area is 90.6 Å². The van der Waals surface area contributed by atoms with Crippen molar-refractivity contribution in [3.8, 4) is 6.07 Å². The van der Waals surface area contributed by atoms with E-state index in [2.05, 4.69) is 11.4 Å². The highest BCUT2D eigenvalue weighted by Gasteiger charge is 2.23. The first kappa shape index (κ1) is 12.4. The van der Waals surface area contributed by atoms with Gasteiger partial charge in [-0.15, -0.1) is 0 Å². The molecule has 15 heavy (non-hydrogen) atoms. The number of ether oxygens (including phenoxy) is 1. The Bertz CT molecular complexity index is 217. The van der Waals surface area contributed by atoms with Gasteiger partial charge in [-0.05, 0) is 6.92 Å².